The van der Waals surface area contributed by atoms with Crippen LogP contribution in [0.3, 0.4) is 0 Å². The van der Waals surface area contributed by atoms with E-state index < -0.39 is 0 Å². The topological polar surface area (TPSA) is 32.9 Å². The van der Waals surface area contributed by atoms with E-state index in [0.29, 0.717) is 10.6 Å². The number of aromatic amines is 1. The highest BCUT2D eigenvalue weighted by molar-refractivity contribution is 6.30. The van der Waals surface area contributed by atoms with Crippen molar-refractivity contribution in [1.82, 2.24) is 4.98 Å². The highest BCUT2D eigenvalue weighted by Gasteiger charge is 2.01. The van der Waals surface area contributed by atoms with Crippen LogP contribution < -0.4 is 0 Å². The van der Waals surface area contributed by atoms with Crippen LogP contribution in [0, 0.1) is 0 Å². The Kier molecular flexibility index (Phi) is 3.40. The van der Waals surface area contributed by atoms with Crippen molar-refractivity contribution in [3.05, 3.63) is 77.0 Å². The zero-order chi connectivity index (χ0) is 13.9. The maximum Gasteiger partial charge on any atom is 0.185 e. The Bertz CT molecular complexity index is 784. The molecular formula is C17H12ClNO. The molecule has 3 rings (SSSR count). The fourth-order valence-corrected chi connectivity index (χ4v) is 2.18. The molecule has 0 saturated carbocycles. The van der Waals surface area contributed by atoms with Gasteiger partial charge in [0.05, 0.1) is 0 Å². The van der Waals surface area contributed by atoms with Gasteiger partial charge in [-0.1, -0.05) is 23.7 Å². The van der Waals surface area contributed by atoms with Crippen LogP contribution in [0.2, 0.25) is 5.02 Å². The molecule has 0 radical (unpaired) electrons. The van der Waals surface area contributed by atoms with Gasteiger partial charge in [0.25, 0.3) is 0 Å². The van der Waals surface area contributed by atoms with Crippen LogP contribution in [0.15, 0.2) is 60.8 Å². The van der Waals surface area contributed by atoms with Crippen molar-refractivity contribution in [2.24, 2.45) is 0 Å². The van der Waals surface area contributed by atoms with Gasteiger partial charge in [0.2, 0.25) is 0 Å². The number of fused-ring (bicyclic) bond motifs is 1. The first-order valence-corrected chi connectivity index (χ1v) is 6.65. The zero-order valence-electron chi connectivity index (χ0n) is 10.6. The predicted molar refractivity (Wildman–Crippen MR) is 83.1 cm³/mol. The fourth-order valence-electron chi connectivity index (χ4n) is 2.06. The molecule has 1 heterocycles. The van der Waals surface area contributed by atoms with Gasteiger partial charge in [0.15, 0.2) is 5.78 Å². The molecule has 0 aliphatic heterocycles. The number of hydrogen-bond acceptors (Lipinski definition) is 1. The van der Waals surface area contributed by atoms with Crippen LogP contribution in [-0.4, -0.2) is 10.8 Å². The van der Waals surface area contributed by atoms with Crippen LogP contribution in [0.25, 0.3) is 17.0 Å². The molecule has 0 bridgehead atoms. The SMILES string of the molecule is O=C(/C=C/c1ccc2[nH]ccc2c1)c1ccc(Cl)cc1. The van der Waals surface area contributed by atoms with E-state index in [-0.39, 0.29) is 5.78 Å². The van der Waals surface area contributed by atoms with Crippen molar-refractivity contribution in [2.75, 3.05) is 0 Å². The average molecular weight is 282 g/mol. The Balaban J connectivity index is 1.82. The second-order valence-electron chi connectivity index (χ2n) is 4.53. The van der Waals surface area contributed by atoms with Crippen LogP contribution in [0.1, 0.15) is 15.9 Å². The number of benzene rings is 2. The summed E-state index contributed by atoms with van der Waals surface area (Å²) in [7, 11) is 0. The highest BCUT2D eigenvalue weighted by Crippen LogP contribution is 2.16. The average Bonchev–Trinajstić information content (AvgIpc) is 2.93. The first-order chi connectivity index (χ1) is 9.72. The molecule has 3 heteroatoms. The minimum absolute atomic E-state index is 0.0316. The Labute approximate surface area is 121 Å². The summed E-state index contributed by atoms with van der Waals surface area (Å²) in [6, 6.07) is 14.9. The van der Waals surface area contributed by atoms with Gasteiger partial charge in [0, 0.05) is 22.3 Å². The molecule has 20 heavy (non-hydrogen) atoms. The molecule has 0 fully saturated rings. The normalized spacial score (nSPS) is 11.2. The summed E-state index contributed by atoms with van der Waals surface area (Å²) in [6.07, 6.45) is 5.30. The highest BCUT2D eigenvalue weighted by atomic mass is 35.5. The quantitative estimate of drug-likeness (QED) is 0.547. The molecular weight excluding hydrogens is 270 g/mol. The number of carbonyl (C=O) groups is 1. The van der Waals surface area contributed by atoms with Gasteiger partial charge >= 0.3 is 0 Å². The third-order valence-electron chi connectivity index (χ3n) is 3.13. The maximum absolute atomic E-state index is 12.0. The first kappa shape index (κ1) is 12.7. The Morgan fingerprint density at radius 1 is 1.05 bits per heavy atom. The van der Waals surface area contributed by atoms with Crippen molar-refractivity contribution >= 4 is 34.4 Å². The van der Waals surface area contributed by atoms with Gasteiger partial charge in [-0.15, -0.1) is 0 Å². The molecule has 0 atom stereocenters. The molecule has 0 unspecified atom stereocenters. The molecule has 0 spiro atoms. The maximum atomic E-state index is 12.0. The van der Waals surface area contributed by atoms with Gasteiger partial charge in [0.1, 0.15) is 0 Å². The number of aromatic nitrogens is 1. The molecule has 0 saturated heterocycles. The zero-order valence-corrected chi connectivity index (χ0v) is 11.4. The monoisotopic (exact) mass is 281 g/mol. The summed E-state index contributed by atoms with van der Waals surface area (Å²) in [5.74, 6) is -0.0316. The lowest BCUT2D eigenvalue weighted by Gasteiger charge is -1.97. The van der Waals surface area contributed by atoms with Crippen molar-refractivity contribution in [1.29, 1.82) is 0 Å². The second kappa shape index (κ2) is 5.35. The van der Waals surface area contributed by atoms with Gasteiger partial charge in [-0.3, -0.25) is 4.79 Å². The van der Waals surface area contributed by atoms with Gasteiger partial charge in [-0.25, -0.2) is 0 Å². The Morgan fingerprint density at radius 2 is 1.85 bits per heavy atom. The predicted octanol–water partition coefficient (Wildman–Crippen LogP) is 4.72. The van der Waals surface area contributed by atoms with Crippen LogP contribution in [-0.2, 0) is 0 Å². The molecule has 98 valence electrons. The van der Waals surface area contributed by atoms with Gasteiger partial charge < -0.3 is 4.98 Å². The van der Waals surface area contributed by atoms with Crippen molar-refractivity contribution in [3.8, 4) is 0 Å². The van der Waals surface area contributed by atoms with E-state index in [9.17, 15) is 4.79 Å². The molecule has 3 aromatic rings. The number of nitrogens with one attached hydrogen (secondary N) is 1. The largest absolute Gasteiger partial charge is 0.361 e. The van der Waals surface area contributed by atoms with Gasteiger partial charge in [-0.2, -0.15) is 0 Å². The van der Waals surface area contributed by atoms with E-state index in [1.54, 1.807) is 30.3 Å². The molecule has 1 aromatic heterocycles. The Morgan fingerprint density at radius 3 is 2.65 bits per heavy atom. The number of H-pyrrole nitrogens is 1. The molecule has 0 aliphatic carbocycles. The van der Waals surface area contributed by atoms with Crippen molar-refractivity contribution in [3.63, 3.8) is 0 Å². The molecule has 2 aromatic carbocycles. The van der Waals surface area contributed by atoms with E-state index in [4.69, 9.17) is 11.6 Å². The molecule has 2 nitrogen and oxygen atoms in total. The number of rotatable bonds is 3. The van der Waals surface area contributed by atoms with Crippen LogP contribution >= 0.6 is 11.6 Å². The van der Waals surface area contributed by atoms with Crippen molar-refractivity contribution < 1.29 is 4.79 Å². The number of carbonyl (C=O) groups excluding carboxylic acids is 1. The molecule has 0 amide bonds. The summed E-state index contributed by atoms with van der Waals surface area (Å²) in [6.45, 7) is 0. The third-order valence-corrected chi connectivity index (χ3v) is 3.39. The van der Waals surface area contributed by atoms with E-state index in [1.165, 1.54) is 0 Å². The molecule has 1 N–H and O–H groups in total. The summed E-state index contributed by atoms with van der Waals surface area (Å²) in [4.78, 5) is 15.1. The number of ketones is 1. The lowest BCUT2D eigenvalue weighted by molar-refractivity contribution is 0.104. The van der Waals surface area contributed by atoms with Gasteiger partial charge in [-0.05, 0) is 59.5 Å². The summed E-state index contributed by atoms with van der Waals surface area (Å²) < 4.78 is 0. The van der Waals surface area contributed by atoms with E-state index >= 15 is 0 Å². The minimum Gasteiger partial charge on any atom is -0.361 e. The molecule has 0 aliphatic rings. The lowest BCUT2D eigenvalue weighted by Crippen LogP contribution is -1.92. The number of hydrogen-bond donors (Lipinski definition) is 1. The van der Waals surface area contributed by atoms with E-state index in [0.717, 1.165) is 16.5 Å². The summed E-state index contributed by atoms with van der Waals surface area (Å²) in [5.41, 5.74) is 2.72. The lowest BCUT2D eigenvalue weighted by atomic mass is 10.1. The fraction of sp³-hybridized carbons (Fsp3) is 0. The third kappa shape index (κ3) is 2.65. The smallest absolute Gasteiger partial charge is 0.185 e. The summed E-state index contributed by atoms with van der Waals surface area (Å²) >= 11 is 5.80. The van der Waals surface area contributed by atoms with E-state index in [1.807, 2.05) is 36.5 Å². The van der Waals surface area contributed by atoms with E-state index in [2.05, 4.69) is 4.98 Å². The Hall–Kier alpha value is -2.32. The number of halogens is 1. The minimum atomic E-state index is -0.0316. The van der Waals surface area contributed by atoms with Crippen LogP contribution in [0.4, 0.5) is 0 Å². The number of allylic oxidation sites excluding steroid dienone is 1. The first-order valence-electron chi connectivity index (χ1n) is 6.27. The van der Waals surface area contributed by atoms with Crippen molar-refractivity contribution in [2.45, 2.75) is 0 Å². The second-order valence-corrected chi connectivity index (χ2v) is 4.97. The summed E-state index contributed by atoms with van der Waals surface area (Å²) in [5, 5.41) is 1.76. The van der Waals surface area contributed by atoms with Crippen LogP contribution in [0.5, 0.6) is 0 Å². The standard InChI is InChI=1S/C17H12ClNO/c18-15-5-3-13(4-6-15)17(20)8-2-12-1-7-16-14(11-12)9-10-19-16/h1-11,19H/b8-2+.